The van der Waals surface area contributed by atoms with Gasteiger partial charge in [-0.15, -0.1) is 5.10 Å². The molecule has 9 heteroatoms. The maximum atomic E-state index is 12.7. The summed E-state index contributed by atoms with van der Waals surface area (Å²) >= 11 is 0. The van der Waals surface area contributed by atoms with Gasteiger partial charge in [0.05, 0.1) is 6.42 Å². The van der Waals surface area contributed by atoms with E-state index in [1.807, 2.05) is 0 Å². The van der Waals surface area contributed by atoms with Crippen LogP contribution in [0.5, 0.6) is 0 Å². The normalized spacial score (nSPS) is 11.4. The van der Waals surface area contributed by atoms with Gasteiger partial charge in [-0.2, -0.15) is 18.2 Å². The van der Waals surface area contributed by atoms with Gasteiger partial charge in [0, 0.05) is 0 Å². The maximum Gasteiger partial charge on any atom is 0.451 e. The molecule has 0 saturated carbocycles. The average molecular weight is 288 g/mol. The molecule has 0 fully saturated rings. The second-order valence-corrected chi connectivity index (χ2v) is 3.86. The summed E-state index contributed by atoms with van der Waals surface area (Å²) in [5.41, 5.74) is 0.510. The molecule has 1 aromatic carbocycles. The Bertz CT molecular complexity index is 606. The third-order valence-electron chi connectivity index (χ3n) is 2.28. The molecule has 2 rings (SSSR count). The van der Waals surface area contributed by atoms with Crippen LogP contribution in [-0.2, 0) is 17.4 Å². The Morgan fingerprint density at radius 2 is 1.90 bits per heavy atom. The predicted molar refractivity (Wildman–Crippen MR) is 60.1 cm³/mol. The van der Waals surface area contributed by atoms with E-state index < -0.39 is 29.7 Å². The van der Waals surface area contributed by atoms with E-state index in [4.69, 9.17) is 0 Å². The summed E-state index contributed by atoms with van der Waals surface area (Å²) < 4.78 is 49.4. The van der Waals surface area contributed by atoms with Crippen LogP contribution in [0.1, 0.15) is 11.4 Å². The van der Waals surface area contributed by atoms with Crippen LogP contribution in [0.25, 0.3) is 0 Å². The number of H-pyrrole nitrogens is 1. The van der Waals surface area contributed by atoms with Crippen LogP contribution in [-0.4, -0.2) is 21.1 Å². The number of carbonyl (C=O) groups is 1. The molecule has 5 nitrogen and oxygen atoms in total. The van der Waals surface area contributed by atoms with Crippen LogP contribution in [0.3, 0.4) is 0 Å². The highest BCUT2D eigenvalue weighted by Gasteiger charge is 2.35. The van der Waals surface area contributed by atoms with Crippen LogP contribution >= 0.6 is 0 Å². The maximum absolute atomic E-state index is 12.7. The molecule has 0 bridgehead atoms. The molecule has 1 aromatic heterocycles. The monoisotopic (exact) mass is 288 g/mol. The lowest BCUT2D eigenvalue weighted by Gasteiger charge is -2.01. The zero-order valence-corrected chi connectivity index (χ0v) is 9.83. The Morgan fingerprint density at radius 3 is 2.45 bits per heavy atom. The second kappa shape index (κ2) is 5.27. The molecule has 0 radical (unpaired) electrons. The van der Waals surface area contributed by atoms with Crippen molar-refractivity contribution < 1.29 is 22.4 Å². The Kier molecular flexibility index (Phi) is 3.68. The lowest BCUT2D eigenvalue weighted by molar-refractivity contribution is -0.144. The van der Waals surface area contributed by atoms with Crippen LogP contribution in [0.15, 0.2) is 24.3 Å². The standard InChI is InChI=1S/C11H8F4N4O/c12-7-3-1-6(2-4-7)5-8(20)16-10-17-9(18-19-10)11(13,14)15/h1-4H,5H2,(H2,16,17,18,19,20). The third kappa shape index (κ3) is 3.53. The van der Waals surface area contributed by atoms with E-state index in [1.54, 1.807) is 5.10 Å². The molecule has 106 valence electrons. The highest BCUT2D eigenvalue weighted by Crippen LogP contribution is 2.26. The number of hydrogen-bond donors (Lipinski definition) is 2. The summed E-state index contributed by atoms with van der Waals surface area (Å²) in [6.45, 7) is 0. The molecule has 20 heavy (non-hydrogen) atoms. The number of hydrogen-bond acceptors (Lipinski definition) is 3. The minimum atomic E-state index is -4.66. The number of alkyl halides is 3. The number of aromatic nitrogens is 3. The minimum Gasteiger partial charge on any atom is -0.293 e. The fourth-order valence-corrected chi connectivity index (χ4v) is 1.40. The van der Waals surface area contributed by atoms with Crippen molar-refractivity contribution >= 4 is 11.9 Å². The molecule has 0 atom stereocenters. The molecule has 1 amide bonds. The van der Waals surface area contributed by atoms with E-state index in [9.17, 15) is 22.4 Å². The molecule has 1 heterocycles. The quantitative estimate of drug-likeness (QED) is 0.850. The summed E-state index contributed by atoms with van der Waals surface area (Å²) in [5, 5.41) is 7.01. The molecule has 0 aliphatic heterocycles. The predicted octanol–water partition coefficient (Wildman–Crippen LogP) is 2.14. The van der Waals surface area contributed by atoms with Crippen LogP contribution in [0.2, 0.25) is 0 Å². The number of halogens is 4. The number of aromatic amines is 1. The van der Waals surface area contributed by atoms with Gasteiger partial charge in [-0.1, -0.05) is 12.1 Å². The molecule has 0 aliphatic rings. The molecule has 0 saturated heterocycles. The summed E-state index contributed by atoms with van der Waals surface area (Å²) in [7, 11) is 0. The average Bonchev–Trinajstić information content (AvgIpc) is 2.80. The number of anilines is 1. The van der Waals surface area contributed by atoms with Crippen LogP contribution in [0, 0.1) is 5.82 Å². The minimum absolute atomic E-state index is 0.129. The summed E-state index contributed by atoms with van der Waals surface area (Å²) in [4.78, 5) is 14.6. The Morgan fingerprint density at radius 1 is 1.25 bits per heavy atom. The molecular weight excluding hydrogens is 280 g/mol. The largest absolute Gasteiger partial charge is 0.451 e. The highest BCUT2D eigenvalue weighted by molar-refractivity contribution is 5.90. The van der Waals surface area contributed by atoms with E-state index >= 15 is 0 Å². The Balaban J connectivity index is 1.98. The van der Waals surface area contributed by atoms with Gasteiger partial charge in [0.1, 0.15) is 5.82 Å². The molecular formula is C11H8F4N4O. The van der Waals surface area contributed by atoms with Gasteiger partial charge < -0.3 is 0 Å². The molecule has 2 aromatic rings. The first-order valence-electron chi connectivity index (χ1n) is 5.38. The van der Waals surface area contributed by atoms with Crippen molar-refractivity contribution in [3.63, 3.8) is 0 Å². The van der Waals surface area contributed by atoms with Crippen LogP contribution in [0.4, 0.5) is 23.5 Å². The number of rotatable bonds is 3. The fraction of sp³-hybridized carbons (Fsp3) is 0.182. The van der Waals surface area contributed by atoms with Crippen molar-refractivity contribution in [2.45, 2.75) is 12.6 Å². The molecule has 0 spiro atoms. The van der Waals surface area contributed by atoms with Gasteiger partial charge in [0.25, 0.3) is 0 Å². The Hall–Kier alpha value is -2.45. The zero-order valence-electron chi connectivity index (χ0n) is 9.83. The number of benzene rings is 1. The lowest BCUT2D eigenvalue weighted by Crippen LogP contribution is -2.15. The van der Waals surface area contributed by atoms with Gasteiger partial charge in [0.2, 0.25) is 17.7 Å². The summed E-state index contributed by atoms with van der Waals surface area (Å²) in [6, 6.07) is 5.15. The number of amides is 1. The number of nitrogens with zero attached hydrogens (tertiary/aromatic N) is 2. The van der Waals surface area contributed by atoms with Gasteiger partial charge in [-0.3, -0.25) is 15.2 Å². The van der Waals surface area contributed by atoms with Crippen molar-refractivity contribution in [1.29, 1.82) is 0 Å². The van der Waals surface area contributed by atoms with Gasteiger partial charge in [-0.25, -0.2) is 4.39 Å². The first-order chi connectivity index (χ1) is 9.34. The van der Waals surface area contributed by atoms with Crippen LogP contribution < -0.4 is 5.32 Å². The third-order valence-corrected chi connectivity index (χ3v) is 2.28. The van der Waals surface area contributed by atoms with Gasteiger partial charge in [-0.05, 0) is 17.7 Å². The fourth-order valence-electron chi connectivity index (χ4n) is 1.40. The van der Waals surface area contributed by atoms with E-state index in [2.05, 4.69) is 15.4 Å². The first-order valence-corrected chi connectivity index (χ1v) is 5.38. The summed E-state index contributed by atoms with van der Waals surface area (Å²) in [5.74, 6) is -2.82. The van der Waals surface area contributed by atoms with E-state index in [0.717, 1.165) is 0 Å². The van der Waals surface area contributed by atoms with E-state index in [1.165, 1.54) is 24.3 Å². The van der Waals surface area contributed by atoms with Crippen molar-refractivity contribution in [3.8, 4) is 0 Å². The van der Waals surface area contributed by atoms with E-state index in [-0.39, 0.29) is 6.42 Å². The van der Waals surface area contributed by atoms with Gasteiger partial charge >= 0.3 is 6.18 Å². The number of carbonyl (C=O) groups excluding carboxylic acids is 1. The van der Waals surface area contributed by atoms with Crippen molar-refractivity contribution in [2.75, 3.05) is 5.32 Å². The summed E-state index contributed by atoms with van der Waals surface area (Å²) in [6.07, 6.45) is -4.79. The van der Waals surface area contributed by atoms with Crippen molar-refractivity contribution in [2.24, 2.45) is 0 Å². The van der Waals surface area contributed by atoms with Gasteiger partial charge in [0.15, 0.2) is 0 Å². The first kappa shape index (κ1) is 14.0. The Labute approximate surface area is 110 Å². The lowest BCUT2D eigenvalue weighted by atomic mass is 10.1. The SMILES string of the molecule is O=C(Cc1ccc(F)cc1)Nc1n[nH]c(C(F)(F)F)n1. The van der Waals surface area contributed by atoms with Crippen molar-refractivity contribution in [1.82, 2.24) is 15.2 Å². The molecule has 2 N–H and O–H groups in total. The van der Waals surface area contributed by atoms with Crippen molar-refractivity contribution in [3.05, 3.63) is 41.5 Å². The van der Waals surface area contributed by atoms with E-state index in [0.29, 0.717) is 5.56 Å². The number of nitrogens with one attached hydrogen (secondary N) is 2. The topological polar surface area (TPSA) is 70.7 Å². The molecule has 0 unspecified atom stereocenters. The zero-order chi connectivity index (χ0) is 14.8. The second-order valence-electron chi connectivity index (χ2n) is 3.86. The molecule has 0 aliphatic carbocycles. The highest BCUT2D eigenvalue weighted by atomic mass is 19.4. The smallest absolute Gasteiger partial charge is 0.293 e.